The quantitative estimate of drug-likeness (QED) is 0.733. The van der Waals surface area contributed by atoms with Crippen LogP contribution >= 0.6 is 0 Å². The highest BCUT2D eigenvalue weighted by Crippen LogP contribution is 2.35. The van der Waals surface area contributed by atoms with E-state index in [2.05, 4.69) is 51.9 Å². The molecule has 0 saturated heterocycles. The molecule has 3 aromatic rings. The number of H-pyrrole nitrogens is 1. The van der Waals surface area contributed by atoms with Crippen LogP contribution in [-0.2, 0) is 0 Å². The molecule has 0 aliphatic carbocycles. The molecule has 0 spiro atoms. The van der Waals surface area contributed by atoms with Crippen LogP contribution in [0.2, 0.25) is 0 Å². The van der Waals surface area contributed by atoms with E-state index < -0.39 is 0 Å². The molecular weight excluding hydrogens is 274 g/mol. The number of rotatable bonds is 6. The van der Waals surface area contributed by atoms with Gasteiger partial charge in [0.25, 0.3) is 0 Å². The van der Waals surface area contributed by atoms with Gasteiger partial charge < -0.3 is 10.1 Å². The van der Waals surface area contributed by atoms with Gasteiger partial charge in [0.05, 0.1) is 13.3 Å². The Kier molecular flexibility index (Phi) is 4.39. The standard InChI is InChI=1S/C18H21N3O/c1-19-11-10-14(13-6-4-3-5-7-13)15-8-9-17(22-2)18-16(15)12-20-21-18/h3-9,12,14,19H,10-11H2,1-2H3,(H,20,21). The Morgan fingerprint density at radius 1 is 1.18 bits per heavy atom. The van der Waals surface area contributed by atoms with Crippen molar-refractivity contribution in [2.75, 3.05) is 20.7 Å². The molecule has 114 valence electrons. The second kappa shape index (κ2) is 6.62. The van der Waals surface area contributed by atoms with Crippen molar-refractivity contribution in [1.82, 2.24) is 15.5 Å². The molecule has 0 fully saturated rings. The highest BCUT2D eigenvalue weighted by atomic mass is 16.5. The summed E-state index contributed by atoms with van der Waals surface area (Å²) in [6.07, 6.45) is 2.93. The number of nitrogens with zero attached hydrogens (tertiary/aromatic N) is 1. The number of aromatic amines is 1. The van der Waals surface area contributed by atoms with Gasteiger partial charge in [0.2, 0.25) is 0 Å². The predicted octanol–water partition coefficient (Wildman–Crippen LogP) is 3.31. The first kappa shape index (κ1) is 14.6. The zero-order chi connectivity index (χ0) is 15.4. The highest BCUT2D eigenvalue weighted by molar-refractivity contribution is 5.88. The van der Waals surface area contributed by atoms with Crippen molar-refractivity contribution in [2.24, 2.45) is 0 Å². The van der Waals surface area contributed by atoms with Gasteiger partial charge in [-0.25, -0.2) is 0 Å². The molecule has 0 aliphatic heterocycles. The predicted molar refractivity (Wildman–Crippen MR) is 89.5 cm³/mol. The lowest BCUT2D eigenvalue weighted by Crippen LogP contribution is -2.13. The molecule has 0 amide bonds. The number of benzene rings is 2. The first-order valence-electron chi connectivity index (χ1n) is 7.54. The minimum Gasteiger partial charge on any atom is -0.494 e. The zero-order valence-corrected chi connectivity index (χ0v) is 13.0. The fourth-order valence-corrected chi connectivity index (χ4v) is 2.98. The fraction of sp³-hybridized carbons (Fsp3) is 0.278. The average molecular weight is 295 g/mol. The second-order valence-electron chi connectivity index (χ2n) is 5.37. The molecule has 0 aliphatic rings. The normalized spacial score (nSPS) is 12.5. The molecule has 22 heavy (non-hydrogen) atoms. The second-order valence-corrected chi connectivity index (χ2v) is 5.37. The molecule has 0 saturated carbocycles. The van der Waals surface area contributed by atoms with Crippen LogP contribution in [0.4, 0.5) is 0 Å². The summed E-state index contributed by atoms with van der Waals surface area (Å²) in [6.45, 7) is 0.963. The minimum atomic E-state index is 0.333. The molecule has 1 heterocycles. The van der Waals surface area contributed by atoms with Crippen LogP contribution in [0.15, 0.2) is 48.7 Å². The molecule has 0 bridgehead atoms. The van der Waals surface area contributed by atoms with Crippen LogP contribution in [0.3, 0.4) is 0 Å². The largest absolute Gasteiger partial charge is 0.494 e. The summed E-state index contributed by atoms with van der Waals surface area (Å²) >= 11 is 0. The smallest absolute Gasteiger partial charge is 0.144 e. The first-order chi connectivity index (χ1) is 10.8. The van der Waals surface area contributed by atoms with E-state index in [0.29, 0.717) is 5.92 Å². The van der Waals surface area contributed by atoms with Gasteiger partial charge in [0.1, 0.15) is 11.3 Å². The van der Waals surface area contributed by atoms with Crippen molar-refractivity contribution in [1.29, 1.82) is 0 Å². The molecule has 1 atom stereocenters. The fourth-order valence-electron chi connectivity index (χ4n) is 2.98. The Morgan fingerprint density at radius 3 is 2.73 bits per heavy atom. The molecule has 0 radical (unpaired) electrons. The molecule has 1 unspecified atom stereocenters. The van der Waals surface area contributed by atoms with E-state index >= 15 is 0 Å². The Bertz CT molecular complexity index is 736. The van der Waals surface area contributed by atoms with Crippen molar-refractivity contribution < 1.29 is 4.74 Å². The lowest BCUT2D eigenvalue weighted by atomic mass is 9.86. The SMILES string of the molecule is CNCCC(c1ccccc1)c1ccc(OC)c2[nH]ncc12. The van der Waals surface area contributed by atoms with Crippen LogP contribution in [-0.4, -0.2) is 30.9 Å². The lowest BCUT2D eigenvalue weighted by Gasteiger charge is -2.19. The summed E-state index contributed by atoms with van der Waals surface area (Å²) in [6, 6.07) is 14.8. The van der Waals surface area contributed by atoms with Crippen molar-refractivity contribution >= 4 is 10.9 Å². The van der Waals surface area contributed by atoms with Crippen LogP contribution < -0.4 is 10.1 Å². The van der Waals surface area contributed by atoms with Gasteiger partial charge in [0.15, 0.2) is 0 Å². The van der Waals surface area contributed by atoms with Gasteiger partial charge in [-0.05, 0) is 37.2 Å². The summed E-state index contributed by atoms with van der Waals surface area (Å²) in [5.41, 5.74) is 3.57. The van der Waals surface area contributed by atoms with E-state index in [0.717, 1.165) is 29.6 Å². The van der Waals surface area contributed by atoms with Crippen molar-refractivity contribution in [3.63, 3.8) is 0 Å². The molecule has 2 N–H and O–H groups in total. The van der Waals surface area contributed by atoms with Gasteiger partial charge in [0, 0.05) is 11.3 Å². The van der Waals surface area contributed by atoms with Gasteiger partial charge in [-0.3, -0.25) is 5.10 Å². The zero-order valence-electron chi connectivity index (χ0n) is 13.0. The molecule has 1 aromatic heterocycles. The van der Waals surface area contributed by atoms with E-state index in [1.54, 1.807) is 7.11 Å². The molecule has 3 rings (SSSR count). The maximum Gasteiger partial charge on any atom is 0.144 e. The lowest BCUT2D eigenvalue weighted by molar-refractivity contribution is 0.418. The van der Waals surface area contributed by atoms with Gasteiger partial charge in [-0.1, -0.05) is 36.4 Å². The van der Waals surface area contributed by atoms with Crippen LogP contribution in [0.25, 0.3) is 10.9 Å². The molecule has 2 aromatic carbocycles. The highest BCUT2D eigenvalue weighted by Gasteiger charge is 2.18. The Morgan fingerprint density at radius 2 is 2.00 bits per heavy atom. The van der Waals surface area contributed by atoms with E-state index in [4.69, 9.17) is 4.74 Å². The maximum atomic E-state index is 5.42. The van der Waals surface area contributed by atoms with Crippen molar-refractivity contribution in [2.45, 2.75) is 12.3 Å². The third-order valence-electron chi connectivity index (χ3n) is 4.09. The number of aromatic nitrogens is 2. The van der Waals surface area contributed by atoms with Gasteiger partial charge in [-0.15, -0.1) is 0 Å². The Balaban J connectivity index is 2.10. The monoisotopic (exact) mass is 295 g/mol. The number of ether oxygens (including phenoxy) is 1. The third-order valence-corrected chi connectivity index (χ3v) is 4.09. The number of hydrogen-bond acceptors (Lipinski definition) is 3. The number of fused-ring (bicyclic) bond motifs is 1. The molecule has 4 heteroatoms. The number of hydrogen-bond donors (Lipinski definition) is 2. The number of methoxy groups -OCH3 is 1. The molecular formula is C18H21N3O. The van der Waals surface area contributed by atoms with E-state index in [1.165, 1.54) is 11.1 Å². The van der Waals surface area contributed by atoms with Crippen molar-refractivity contribution in [3.8, 4) is 5.75 Å². The van der Waals surface area contributed by atoms with Crippen LogP contribution in [0, 0.1) is 0 Å². The average Bonchev–Trinajstić information content (AvgIpc) is 3.06. The topological polar surface area (TPSA) is 49.9 Å². The van der Waals surface area contributed by atoms with E-state index in [-0.39, 0.29) is 0 Å². The minimum absolute atomic E-state index is 0.333. The van der Waals surface area contributed by atoms with Gasteiger partial charge in [-0.2, -0.15) is 5.10 Å². The Hall–Kier alpha value is -2.33. The third kappa shape index (κ3) is 2.70. The van der Waals surface area contributed by atoms with Crippen LogP contribution in [0.1, 0.15) is 23.5 Å². The van der Waals surface area contributed by atoms with E-state index in [9.17, 15) is 0 Å². The number of nitrogens with one attached hydrogen (secondary N) is 2. The van der Waals surface area contributed by atoms with Crippen molar-refractivity contribution in [3.05, 3.63) is 59.8 Å². The summed E-state index contributed by atoms with van der Waals surface area (Å²) < 4.78 is 5.42. The summed E-state index contributed by atoms with van der Waals surface area (Å²) in [5, 5.41) is 11.6. The van der Waals surface area contributed by atoms with E-state index in [1.807, 2.05) is 19.3 Å². The summed E-state index contributed by atoms with van der Waals surface area (Å²) in [7, 11) is 3.68. The summed E-state index contributed by atoms with van der Waals surface area (Å²) in [5.74, 6) is 1.16. The maximum absolute atomic E-state index is 5.42. The van der Waals surface area contributed by atoms with Gasteiger partial charge >= 0.3 is 0 Å². The van der Waals surface area contributed by atoms with Crippen LogP contribution in [0.5, 0.6) is 5.75 Å². The first-order valence-corrected chi connectivity index (χ1v) is 7.54. The summed E-state index contributed by atoms with van der Waals surface area (Å²) in [4.78, 5) is 0. The Labute approximate surface area is 130 Å². The molecule has 4 nitrogen and oxygen atoms in total.